The predicted molar refractivity (Wildman–Crippen MR) is 427 cm³/mol. The van der Waals surface area contributed by atoms with Crippen LogP contribution in [0, 0.1) is 0 Å². The first-order valence-corrected chi connectivity index (χ1v) is 44.2. The van der Waals surface area contributed by atoms with Gasteiger partial charge in [-0.05, 0) is 128 Å². The van der Waals surface area contributed by atoms with Crippen LogP contribution in [0.25, 0.3) is 0 Å². The van der Waals surface area contributed by atoms with Gasteiger partial charge in [-0.25, -0.2) is 9.13 Å². The molecule has 0 saturated heterocycles. The third kappa shape index (κ3) is 79.1. The van der Waals surface area contributed by atoms with Gasteiger partial charge in [0.15, 0.2) is 6.10 Å². The molecule has 4 N–H and O–H groups in total. The van der Waals surface area contributed by atoms with E-state index in [2.05, 4.69) is 130 Å². The zero-order chi connectivity index (χ0) is 75.2. The smallest absolute Gasteiger partial charge is 0.463 e. The Balaban J connectivity index is 4.37. The van der Waals surface area contributed by atoms with Gasteiger partial charge in [-0.2, -0.15) is 0 Å². The topological polar surface area (TPSA) is 231 Å². The number of phosphoric ester groups is 2. The minimum Gasteiger partial charge on any atom is -0.463 e. The first-order chi connectivity index (χ1) is 50.2. The van der Waals surface area contributed by atoms with Crippen LogP contribution in [0.5, 0.6) is 0 Å². The molecule has 18 heteroatoms. The maximum absolute atomic E-state index is 12.9. The van der Waals surface area contributed by atoms with Gasteiger partial charge in [-0.15, -0.1) is 0 Å². The van der Waals surface area contributed by atoms with Gasteiger partial charge < -0.3 is 34.2 Å². The fourth-order valence-corrected chi connectivity index (χ4v) is 12.8. The van der Waals surface area contributed by atoms with Gasteiger partial charge in [-0.1, -0.05) is 316 Å². The highest BCUT2D eigenvalue weighted by Gasteiger charge is 2.29. The maximum atomic E-state index is 12.9. The molecule has 0 spiro atoms. The summed E-state index contributed by atoms with van der Waals surface area (Å²) in [5.74, 6) is -1.59. The number of ether oxygens (including phenoxy) is 3. The molecule has 0 rings (SSSR count). The van der Waals surface area contributed by atoms with Gasteiger partial charge in [0.25, 0.3) is 0 Å². The number of aliphatic hydroxyl groups excluding tert-OH is 2. The number of hydrogen-bond donors (Lipinski definition) is 4. The van der Waals surface area contributed by atoms with Crippen molar-refractivity contribution in [1.82, 2.24) is 0 Å². The van der Waals surface area contributed by atoms with Crippen molar-refractivity contribution in [2.45, 2.75) is 373 Å². The van der Waals surface area contributed by atoms with Crippen molar-refractivity contribution in [3.8, 4) is 0 Å². The molecule has 103 heavy (non-hydrogen) atoms. The van der Waals surface area contributed by atoms with E-state index in [1.807, 2.05) is 0 Å². The highest BCUT2D eigenvalue weighted by Crippen LogP contribution is 2.45. The second-order valence-electron chi connectivity index (χ2n) is 27.5. The minimum absolute atomic E-state index is 0.0862. The van der Waals surface area contributed by atoms with E-state index in [-0.39, 0.29) is 19.3 Å². The minimum atomic E-state index is -4.93. The number of aliphatic hydroxyl groups is 2. The first kappa shape index (κ1) is 99.2. The van der Waals surface area contributed by atoms with E-state index in [1.54, 1.807) is 0 Å². The number of carbonyl (C=O) groups is 3. The highest BCUT2D eigenvalue weighted by atomic mass is 31.2. The molecule has 16 nitrogen and oxygen atoms in total. The molecule has 0 aromatic heterocycles. The Bertz CT molecular complexity index is 2310. The number of unbranched alkanes of at least 4 members (excludes halogenated alkanes) is 37. The number of hydrogen-bond acceptors (Lipinski definition) is 14. The molecule has 0 saturated carbocycles. The van der Waals surface area contributed by atoms with E-state index >= 15 is 0 Å². The molecule has 0 bridgehead atoms. The Labute approximate surface area is 628 Å². The summed E-state index contributed by atoms with van der Waals surface area (Å²) in [7, 11) is -9.79. The van der Waals surface area contributed by atoms with Gasteiger partial charge in [0.05, 0.1) is 26.4 Å². The molecule has 0 aliphatic carbocycles. The van der Waals surface area contributed by atoms with E-state index in [0.717, 1.165) is 148 Å². The van der Waals surface area contributed by atoms with Crippen LogP contribution in [0.3, 0.4) is 0 Å². The molecule has 0 heterocycles. The SMILES string of the molecule is CC/C=C\C/C=C\C/C=C\CCCCCCCCCC(=O)OCC(COP(=O)(O)OCC(O)COP(=O)(O)OCC(O)COC(=O)CCCCCCCCCCCCCCCCCCCCC/C=C\C/C=C\C/C=C\C/C=C\CCCCC)OC(=O)CCCCCCC/C=C\C/C=C\CCCCC. The molecular weight excluding hydrogens is 1340 g/mol. The first-order valence-electron chi connectivity index (χ1n) is 41.2. The summed E-state index contributed by atoms with van der Waals surface area (Å²) < 4.78 is 61.1. The fourth-order valence-electron chi connectivity index (χ4n) is 11.2. The maximum Gasteiger partial charge on any atom is 0.472 e. The summed E-state index contributed by atoms with van der Waals surface area (Å²) >= 11 is 0. The lowest BCUT2D eigenvalue weighted by molar-refractivity contribution is -0.161. The van der Waals surface area contributed by atoms with Crippen LogP contribution < -0.4 is 0 Å². The summed E-state index contributed by atoms with van der Waals surface area (Å²) in [5.41, 5.74) is 0. The second-order valence-corrected chi connectivity index (χ2v) is 30.4. The molecule has 0 aliphatic rings. The Hall–Kier alpha value is -3.79. The van der Waals surface area contributed by atoms with Crippen molar-refractivity contribution < 1.29 is 75.8 Å². The average molecular weight is 1490 g/mol. The largest absolute Gasteiger partial charge is 0.472 e. The van der Waals surface area contributed by atoms with E-state index < -0.39 is 91.5 Å². The summed E-state index contributed by atoms with van der Waals surface area (Å²) in [4.78, 5) is 58.6. The van der Waals surface area contributed by atoms with Gasteiger partial charge in [0.2, 0.25) is 0 Å². The van der Waals surface area contributed by atoms with Gasteiger partial charge in [0, 0.05) is 19.3 Å². The molecular formula is C85H150O16P2. The lowest BCUT2D eigenvalue weighted by Gasteiger charge is -2.21. The highest BCUT2D eigenvalue weighted by molar-refractivity contribution is 7.47. The number of allylic oxidation sites excluding steroid dienone is 18. The van der Waals surface area contributed by atoms with E-state index in [0.29, 0.717) is 19.3 Å². The second kappa shape index (κ2) is 77.8. The van der Waals surface area contributed by atoms with Gasteiger partial charge in [0.1, 0.15) is 25.4 Å². The number of esters is 3. The van der Waals surface area contributed by atoms with Crippen LogP contribution in [-0.2, 0) is 55.8 Å². The molecule has 596 valence electrons. The van der Waals surface area contributed by atoms with Crippen molar-refractivity contribution in [3.63, 3.8) is 0 Å². The Morgan fingerprint density at radius 2 is 0.515 bits per heavy atom. The monoisotopic (exact) mass is 1490 g/mol. The summed E-state index contributed by atoms with van der Waals surface area (Å²) in [5, 5.41) is 20.6. The van der Waals surface area contributed by atoms with Crippen LogP contribution in [0.15, 0.2) is 109 Å². The molecule has 0 aromatic rings. The summed E-state index contributed by atoms with van der Waals surface area (Å²) in [6.45, 7) is 2.52. The van der Waals surface area contributed by atoms with E-state index in [4.69, 9.17) is 32.3 Å². The molecule has 5 unspecified atom stereocenters. The summed E-state index contributed by atoms with van der Waals surface area (Å²) in [6, 6.07) is 0. The van der Waals surface area contributed by atoms with Crippen LogP contribution in [0.1, 0.15) is 355 Å². The lowest BCUT2D eigenvalue weighted by Crippen LogP contribution is -2.30. The zero-order valence-corrected chi connectivity index (χ0v) is 67.0. The van der Waals surface area contributed by atoms with Crippen molar-refractivity contribution in [3.05, 3.63) is 109 Å². The van der Waals surface area contributed by atoms with Crippen molar-refractivity contribution >= 4 is 33.6 Å². The van der Waals surface area contributed by atoms with Crippen LogP contribution in [0.4, 0.5) is 0 Å². The third-order valence-electron chi connectivity index (χ3n) is 17.5. The Kier molecular flexibility index (Phi) is 74.9. The van der Waals surface area contributed by atoms with Crippen LogP contribution >= 0.6 is 15.6 Å². The molecule has 0 aromatic carbocycles. The van der Waals surface area contributed by atoms with Crippen LogP contribution in [0.2, 0.25) is 0 Å². The molecule has 0 radical (unpaired) electrons. The van der Waals surface area contributed by atoms with Crippen molar-refractivity contribution in [2.75, 3.05) is 39.6 Å². The van der Waals surface area contributed by atoms with E-state index in [9.17, 15) is 43.5 Å². The van der Waals surface area contributed by atoms with Gasteiger partial charge >= 0.3 is 33.6 Å². The van der Waals surface area contributed by atoms with Crippen LogP contribution in [-0.4, -0.2) is 95.9 Å². The van der Waals surface area contributed by atoms with Crippen molar-refractivity contribution in [2.24, 2.45) is 0 Å². The standard InChI is InChI=1S/C85H150O16P2/c1-4-7-10-13-16-19-22-25-28-30-31-32-33-34-35-36-37-38-39-40-41-42-43-44-45-46-47-49-52-53-56-59-62-65-68-71-83(88)95-74-80(86)75-97-102(91,92)98-76-81(87)77-99-103(93,94)100-79-82(101-85(90)73-70-67-64-61-58-55-50-27-24-21-18-15-12-9-6-3)78-96-84(89)72-69-66-63-60-57-54-51-48-29-26-23-20-17-14-11-8-5-2/h8,11,16-21,25-29,31-32,34-35,50,80-82,86-87H,4-7,9-10,12-15,22-24,30,33,36-49,51-79H2,1-3H3,(H,91,92)(H,93,94)/b11-8-,19-16-,20-17-,21-18-,28-25-,29-26-,32-31-,35-34-,50-27-. The quantitative estimate of drug-likeness (QED) is 0.0146. The molecule has 0 fully saturated rings. The number of rotatable bonds is 78. The number of phosphoric acid groups is 2. The molecule has 0 aliphatic heterocycles. The molecule has 0 amide bonds. The third-order valence-corrected chi connectivity index (χ3v) is 19.4. The normalized spacial score (nSPS) is 14.5. The van der Waals surface area contributed by atoms with Crippen molar-refractivity contribution in [1.29, 1.82) is 0 Å². The van der Waals surface area contributed by atoms with Gasteiger partial charge in [-0.3, -0.25) is 32.5 Å². The Morgan fingerprint density at radius 1 is 0.282 bits per heavy atom. The lowest BCUT2D eigenvalue weighted by atomic mass is 10.0. The predicted octanol–water partition coefficient (Wildman–Crippen LogP) is 24.3. The molecule has 5 atom stereocenters. The van der Waals surface area contributed by atoms with E-state index in [1.165, 1.54) is 148 Å². The number of carbonyl (C=O) groups excluding carboxylic acids is 3. The Morgan fingerprint density at radius 3 is 0.816 bits per heavy atom. The fraction of sp³-hybridized carbons (Fsp3) is 0.753. The zero-order valence-electron chi connectivity index (χ0n) is 65.2. The summed E-state index contributed by atoms with van der Waals surface area (Å²) in [6.07, 6.45) is 91.6. The average Bonchev–Trinajstić information content (AvgIpc) is 0.927.